The molecular formula is C40H48N2O10. The fourth-order valence-corrected chi connectivity index (χ4v) is 6.20. The molecule has 0 aromatic heterocycles. The second-order valence-electron chi connectivity index (χ2n) is 12.6. The van der Waals surface area contributed by atoms with Crippen LogP contribution in [0.1, 0.15) is 90.4 Å². The van der Waals surface area contributed by atoms with E-state index in [9.17, 15) is 29.4 Å². The van der Waals surface area contributed by atoms with Crippen LogP contribution in [0.25, 0.3) is 6.08 Å². The van der Waals surface area contributed by atoms with Crippen molar-refractivity contribution in [3.8, 4) is 28.7 Å². The highest BCUT2D eigenvalue weighted by Gasteiger charge is 2.32. The number of carbonyl (C=O) groups is 4. The number of hydrogen-bond acceptors (Lipinski definition) is 10. The summed E-state index contributed by atoms with van der Waals surface area (Å²) in [5.74, 6) is -2.87. The normalized spacial score (nSPS) is 15.7. The molecule has 1 heterocycles. The lowest BCUT2D eigenvalue weighted by molar-refractivity contribution is -0.126. The molecule has 0 spiro atoms. The molecule has 0 aliphatic carbocycles. The molecule has 2 amide bonds. The van der Waals surface area contributed by atoms with Crippen LogP contribution in [0.5, 0.6) is 28.7 Å². The standard InChI is InChI=1S/C40H48N2O10/c1-25-12-11-17-29(43)16-10-6-9-15-27-20-31(44)37(38(47)36(27)40(48)52-25)30(28-21-32(49-2)39(51-4)33(22-28)50-3)23-34(45)42-24-35(46)41-19-18-26-13-7-5-8-14-26/h5,7-9,13-15,20-22,25,30,44,47H,6,10-12,16-19,23-24H2,1-4H3,(H,41,46)(H,42,45). The van der Waals surface area contributed by atoms with Crippen molar-refractivity contribution in [1.29, 1.82) is 0 Å². The van der Waals surface area contributed by atoms with E-state index in [0.717, 1.165) is 5.56 Å². The number of amides is 2. The molecule has 1 aliphatic heterocycles. The number of carbonyl (C=O) groups excluding carboxylic acids is 4. The Morgan fingerprint density at radius 2 is 1.62 bits per heavy atom. The maximum absolute atomic E-state index is 13.7. The van der Waals surface area contributed by atoms with E-state index in [4.69, 9.17) is 18.9 Å². The van der Waals surface area contributed by atoms with Gasteiger partial charge in [0.1, 0.15) is 22.8 Å². The molecule has 0 bridgehead atoms. The molecule has 4 N–H and O–H groups in total. The van der Waals surface area contributed by atoms with Gasteiger partial charge in [0.05, 0.1) is 34.0 Å². The summed E-state index contributed by atoms with van der Waals surface area (Å²) in [6, 6.07) is 14.2. The van der Waals surface area contributed by atoms with E-state index in [1.165, 1.54) is 27.4 Å². The molecule has 0 radical (unpaired) electrons. The van der Waals surface area contributed by atoms with Crippen molar-refractivity contribution in [3.05, 3.63) is 82.4 Å². The number of ketones is 1. The topological polar surface area (TPSA) is 170 Å². The van der Waals surface area contributed by atoms with Crippen LogP contribution in [0.3, 0.4) is 0 Å². The summed E-state index contributed by atoms with van der Waals surface area (Å²) in [6.45, 7) is 1.78. The monoisotopic (exact) mass is 716 g/mol. The number of allylic oxidation sites excluding steroid dienone is 1. The van der Waals surface area contributed by atoms with Gasteiger partial charge in [0.25, 0.3) is 0 Å². The number of phenols is 2. The number of nitrogens with one attached hydrogen (secondary N) is 2. The number of Topliss-reactive ketones (excluding diaryl/α,β-unsaturated/α-hetero) is 1. The van der Waals surface area contributed by atoms with Crippen LogP contribution in [0, 0.1) is 0 Å². The maximum atomic E-state index is 13.7. The molecule has 2 atom stereocenters. The Balaban J connectivity index is 1.71. The lowest BCUT2D eigenvalue weighted by Gasteiger charge is -2.24. The predicted molar refractivity (Wildman–Crippen MR) is 195 cm³/mol. The molecule has 12 nitrogen and oxygen atoms in total. The Kier molecular flexibility index (Phi) is 14.5. The largest absolute Gasteiger partial charge is 0.507 e. The zero-order chi connectivity index (χ0) is 37.6. The number of hydrogen-bond donors (Lipinski definition) is 4. The molecular weight excluding hydrogens is 668 g/mol. The van der Waals surface area contributed by atoms with E-state index in [1.807, 2.05) is 30.3 Å². The van der Waals surface area contributed by atoms with Gasteiger partial charge >= 0.3 is 5.97 Å². The molecule has 3 aromatic rings. The predicted octanol–water partition coefficient (Wildman–Crippen LogP) is 5.60. The first-order valence-corrected chi connectivity index (χ1v) is 17.4. The third kappa shape index (κ3) is 10.5. The first-order chi connectivity index (χ1) is 25.1. The molecule has 0 saturated heterocycles. The maximum Gasteiger partial charge on any atom is 0.342 e. The van der Waals surface area contributed by atoms with Crippen LogP contribution in [0.15, 0.2) is 54.6 Å². The summed E-state index contributed by atoms with van der Waals surface area (Å²) >= 11 is 0. The molecule has 3 aromatic carbocycles. The lowest BCUT2D eigenvalue weighted by Crippen LogP contribution is -2.38. The van der Waals surface area contributed by atoms with Gasteiger partial charge in [-0.05, 0) is 73.9 Å². The zero-order valence-corrected chi connectivity index (χ0v) is 30.2. The Morgan fingerprint density at radius 1 is 0.923 bits per heavy atom. The number of fused-ring (bicyclic) bond motifs is 1. The third-order valence-corrected chi connectivity index (χ3v) is 8.90. The highest BCUT2D eigenvalue weighted by Crippen LogP contribution is 2.47. The average molecular weight is 717 g/mol. The van der Waals surface area contributed by atoms with Crippen LogP contribution in [0.2, 0.25) is 0 Å². The van der Waals surface area contributed by atoms with Crippen LogP contribution in [-0.2, 0) is 25.5 Å². The van der Waals surface area contributed by atoms with Gasteiger partial charge in [0.2, 0.25) is 17.6 Å². The van der Waals surface area contributed by atoms with Gasteiger partial charge in [0, 0.05) is 37.3 Å². The minimum absolute atomic E-state index is 0.111. The van der Waals surface area contributed by atoms with Gasteiger partial charge in [-0.3, -0.25) is 14.4 Å². The van der Waals surface area contributed by atoms with Crippen molar-refractivity contribution in [3.63, 3.8) is 0 Å². The van der Waals surface area contributed by atoms with Crippen molar-refractivity contribution in [1.82, 2.24) is 10.6 Å². The number of esters is 1. The second-order valence-corrected chi connectivity index (χ2v) is 12.6. The summed E-state index contributed by atoms with van der Waals surface area (Å²) in [4.78, 5) is 52.1. The van der Waals surface area contributed by atoms with E-state index < -0.39 is 35.6 Å². The van der Waals surface area contributed by atoms with E-state index in [0.29, 0.717) is 57.1 Å². The summed E-state index contributed by atoms with van der Waals surface area (Å²) in [7, 11) is 4.30. The number of ether oxygens (including phenoxy) is 4. The first-order valence-electron chi connectivity index (χ1n) is 17.4. The number of rotatable bonds is 12. The van der Waals surface area contributed by atoms with Crippen LogP contribution < -0.4 is 24.8 Å². The van der Waals surface area contributed by atoms with Crippen molar-refractivity contribution >= 4 is 29.6 Å². The van der Waals surface area contributed by atoms with Gasteiger partial charge in [-0.1, -0.05) is 42.5 Å². The van der Waals surface area contributed by atoms with Gasteiger partial charge in [0.15, 0.2) is 11.5 Å². The first kappa shape index (κ1) is 39.3. The van der Waals surface area contributed by atoms with Gasteiger partial charge in [-0.2, -0.15) is 0 Å². The molecule has 12 heteroatoms. The molecule has 278 valence electrons. The summed E-state index contributed by atoms with van der Waals surface area (Å²) in [5.41, 5.74) is 1.36. The number of aromatic hydroxyl groups is 2. The molecule has 0 fully saturated rings. The molecule has 0 saturated carbocycles. The van der Waals surface area contributed by atoms with Gasteiger partial charge < -0.3 is 39.8 Å². The number of benzene rings is 3. The van der Waals surface area contributed by atoms with E-state index in [-0.39, 0.29) is 58.4 Å². The van der Waals surface area contributed by atoms with Crippen molar-refractivity contribution in [2.75, 3.05) is 34.4 Å². The lowest BCUT2D eigenvalue weighted by atomic mass is 9.84. The zero-order valence-electron chi connectivity index (χ0n) is 30.2. The third-order valence-electron chi connectivity index (χ3n) is 8.90. The molecule has 2 unspecified atom stereocenters. The Hall–Kier alpha value is -5.52. The second kappa shape index (κ2) is 19.2. The Bertz CT molecular complexity index is 1730. The molecule has 4 rings (SSSR count). The average Bonchev–Trinajstić information content (AvgIpc) is 3.12. The van der Waals surface area contributed by atoms with Gasteiger partial charge in [-0.15, -0.1) is 0 Å². The van der Waals surface area contributed by atoms with Crippen molar-refractivity contribution < 1.29 is 48.3 Å². The minimum atomic E-state index is -1.08. The van der Waals surface area contributed by atoms with Gasteiger partial charge in [-0.25, -0.2) is 4.79 Å². The fourth-order valence-electron chi connectivity index (χ4n) is 6.20. The van der Waals surface area contributed by atoms with E-state index in [1.54, 1.807) is 31.2 Å². The summed E-state index contributed by atoms with van der Waals surface area (Å²) < 4.78 is 22.3. The summed E-state index contributed by atoms with van der Waals surface area (Å²) in [6.07, 6.45) is 6.02. The van der Waals surface area contributed by atoms with E-state index >= 15 is 0 Å². The SMILES string of the molecule is COc1cc(C(CC(=O)NCC(=O)NCCc2ccccc2)c2c(O)cc3c(c2O)C(=O)OC(C)CCCC(=O)CCCC=C3)cc(OC)c1OC. The number of methoxy groups -OCH3 is 3. The quantitative estimate of drug-likeness (QED) is 0.173. The highest BCUT2D eigenvalue weighted by molar-refractivity contribution is 5.98. The smallest absolute Gasteiger partial charge is 0.342 e. The van der Waals surface area contributed by atoms with Crippen molar-refractivity contribution in [2.45, 2.75) is 70.3 Å². The van der Waals surface area contributed by atoms with Crippen LogP contribution in [-0.4, -0.2) is 74.3 Å². The molecule has 52 heavy (non-hydrogen) atoms. The van der Waals surface area contributed by atoms with Crippen LogP contribution >= 0.6 is 0 Å². The van der Waals surface area contributed by atoms with Crippen molar-refractivity contribution in [2.24, 2.45) is 0 Å². The number of phenolic OH excluding ortho intramolecular Hbond substituents is 2. The minimum Gasteiger partial charge on any atom is -0.507 e. The number of cyclic esters (lactones) is 1. The van der Waals surface area contributed by atoms with E-state index in [2.05, 4.69) is 10.6 Å². The fraction of sp³-hybridized carbons (Fsp3) is 0.400. The van der Waals surface area contributed by atoms with Crippen LogP contribution in [0.4, 0.5) is 0 Å². The molecule has 1 aliphatic rings. The highest BCUT2D eigenvalue weighted by atomic mass is 16.5. The Labute approximate surface area is 304 Å². The summed E-state index contributed by atoms with van der Waals surface area (Å²) in [5, 5.41) is 28.8. The Morgan fingerprint density at radius 3 is 2.29 bits per heavy atom.